The summed E-state index contributed by atoms with van der Waals surface area (Å²) >= 11 is 0. The maximum atomic E-state index is 11.8. The van der Waals surface area contributed by atoms with E-state index in [9.17, 15) is 4.79 Å². The van der Waals surface area contributed by atoms with Crippen molar-refractivity contribution in [2.24, 2.45) is 0 Å². The molecule has 2 heterocycles. The van der Waals surface area contributed by atoms with Gasteiger partial charge in [-0.1, -0.05) is 6.07 Å². The van der Waals surface area contributed by atoms with E-state index in [4.69, 9.17) is 4.74 Å². The van der Waals surface area contributed by atoms with Gasteiger partial charge in [-0.2, -0.15) is 0 Å². The third-order valence-corrected chi connectivity index (χ3v) is 2.98. The number of aromatic nitrogens is 1. The number of carbonyl (C=O) groups is 1. The zero-order valence-corrected chi connectivity index (χ0v) is 11.6. The molecule has 2 N–H and O–H groups in total. The van der Waals surface area contributed by atoms with Crippen LogP contribution in [0.3, 0.4) is 0 Å². The highest BCUT2D eigenvalue weighted by Crippen LogP contribution is 2.21. The van der Waals surface area contributed by atoms with Crippen molar-refractivity contribution < 1.29 is 9.53 Å². The molecule has 1 fully saturated rings. The van der Waals surface area contributed by atoms with Gasteiger partial charge in [0.2, 0.25) is 0 Å². The lowest BCUT2D eigenvalue weighted by molar-refractivity contribution is 0.0504. The first-order chi connectivity index (χ1) is 8.96. The number of ether oxygens (including phenoxy) is 1. The summed E-state index contributed by atoms with van der Waals surface area (Å²) in [6, 6.07) is 5.86. The first kappa shape index (κ1) is 13.8. The SMILES string of the molecule is CC(C)(C)OC(=O)NC1CNCC1c1ccccn1. The highest BCUT2D eigenvalue weighted by Gasteiger charge is 2.31. The van der Waals surface area contributed by atoms with Crippen molar-refractivity contribution in [3.63, 3.8) is 0 Å². The maximum Gasteiger partial charge on any atom is 0.407 e. The Balaban J connectivity index is 1.98. The van der Waals surface area contributed by atoms with Gasteiger partial charge in [0.15, 0.2) is 0 Å². The molecule has 19 heavy (non-hydrogen) atoms. The van der Waals surface area contributed by atoms with Crippen molar-refractivity contribution in [3.8, 4) is 0 Å². The number of pyridine rings is 1. The summed E-state index contributed by atoms with van der Waals surface area (Å²) < 4.78 is 5.29. The molecular formula is C14H21N3O2. The second kappa shape index (κ2) is 5.57. The Morgan fingerprint density at radius 1 is 1.42 bits per heavy atom. The normalized spacial score (nSPS) is 23.1. The molecule has 1 aromatic heterocycles. The highest BCUT2D eigenvalue weighted by atomic mass is 16.6. The predicted octanol–water partition coefficient (Wildman–Crippen LogP) is 1.66. The third-order valence-electron chi connectivity index (χ3n) is 2.98. The number of amides is 1. The smallest absolute Gasteiger partial charge is 0.407 e. The van der Waals surface area contributed by atoms with E-state index in [0.717, 1.165) is 18.8 Å². The molecule has 5 nitrogen and oxygen atoms in total. The van der Waals surface area contributed by atoms with Gasteiger partial charge in [0.1, 0.15) is 5.60 Å². The molecule has 1 saturated heterocycles. The molecule has 2 atom stereocenters. The van der Waals surface area contributed by atoms with Gasteiger partial charge in [0, 0.05) is 30.9 Å². The number of nitrogens with one attached hydrogen (secondary N) is 2. The van der Waals surface area contributed by atoms with Crippen LogP contribution in [0.15, 0.2) is 24.4 Å². The Morgan fingerprint density at radius 2 is 2.21 bits per heavy atom. The molecule has 1 aromatic rings. The van der Waals surface area contributed by atoms with Crippen molar-refractivity contribution in [1.29, 1.82) is 0 Å². The summed E-state index contributed by atoms with van der Waals surface area (Å²) in [7, 11) is 0. The fraction of sp³-hybridized carbons (Fsp3) is 0.571. The van der Waals surface area contributed by atoms with E-state index in [1.54, 1.807) is 6.20 Å². The minimum Gasteiger partial charge on any atom is -0.444 e. The molecule has 0 saturated carbocycles. The van der Waals surface area contributed by atoms with E-state index in [2.05, 4.69) is 15.6 Å². The van der Waals surface area contributed by atoms with E-state index in [1.165, 1.54) is 0 Å². The standard InChI is InChI=1S/C14H21N3O2/c1-14(2,3)19-13(18)17-12-9-15-8-10(12)11-6-4-5-7-16-11/h4-7,10,12,15H,8-9H2,1-3H3,(H,17,18). The molecule has 0 bridgehead atoms. The molecule has 5 heteroatoms. The molecule has 0 aromatic carbocycles. The van der Waals surface area contributed by atoms with Crippen molar-refractivity contribution in [2.75, 3.05) is 13.1 Å². The lowest BCUT2D eigenvalue weighted by Gasteiger charge is -2.24. The van der Waals surface area contributed by atoms with Gasteiger partial charge in [-0.25, -0.2) is 4.79 Å². The van der Waals surface area contributed by atoms with Crippen molar-refractivity contribution >= 4 is 6.09 Å². The molecule has 1 amide bonds. The zero-order chi connectivity index (χ0) is 13.9. The monoisotopic (exact) mass is 263 g/mol. The topological polar surface area (TPSA) is 63.2 Å². The van der Waals surface area contributed by atoms with Gasteiger partial charge in [0.25, 0.3) is 0 Å². The van der Waals surface area contributed by atoms with Crippen LogP contribution in [0.2, 0.25) is 0 Å². The molecule has 104 valence electrons. The van der Waals surface area contributed by atoms with Crippen molar-refractivity contribution in [1.82, 2.24) is 15.6 Å². The average Bonchev–Trinajstić information content (AvgIpc) is 2.75. The van der Waals surface area contributed by atoms with E-state index in [1.807, 2.05) is 39.0 Å². The Labute approximate surface area is 113 Å². The minimum absolute atomic E-state index is 0.0183. The third kappa shape index (κ3) is 3.92. The molecule has 1 aliphatic rings. The van der Waals surface area contributed by atoms with Crippen molar-refractivity contribution in [3.05, 3.63) is 30.1 Å². The minimum atomic E-state index is -0.476. The lowest BCUT2D eigenvalue weighted by Crippen LogP contribution is -2.42. The Bertz CT molecular complexity index is 428. The van der Waals surface area contributed by atoms with Crippen LogP contribution >= 0.6 is 0 Å². The Morgan fingerprint density at radius 3 is 2.84 bits per heavy atom. The molecular weight excluding hydrogens is 242 g/mol. The van der Waals surface area contributed by atoms with Gasteiger partial charge in [-0.05, 0) is 32.9 Å². The molecule has 2 rings (SSSR count). The van der Waals surface area contributed by atoms with Crippen LogP contribution < -0.4 is 10.6 Å². The second-order valence-electron chi connectivity index (χ2n) is 5.77. The first-order valence-electron chi connectivity index (χ1n) is 6.57. The Hall–Kier alpha value is -1.62. The van der Waals surface area contributed by atoms with Crippen LogP contribution in [-0.2, 0) is 4.74 Å². The summed E-state index contributed by atoms with van der Waals surface area (Å²) in [6.45, 7) is 7.12. The van der Waals surface area contributed by atoms with Crippen LogP contribution in [0.5, 0.6) is 0 Å². The summed E-state index contributed by atoms with van der Waals surface area (Å²) in [6.07, 6.45) is 1.40. The number of hydrogen-bond donors (Lipinski definition) is 2. The van der Waals surface area contributed by atoms with E-state index >= 15 is 0 Å². The number of hydrogen-bond acceptors (Lipinski definition) is 4. The van der Waals surface area contributed by atoms with Crippen LogP contribution in [0, 0.1) is 0 Å². The maximum absolute atomic E-state index is 11.8. The summed E-state index contributed by atoms with van der Waals surface area (Å²) in [4.78, 5) is 16.2. The van der Waals surface area contributed by atoms with Gasteiger partial charge < -0.3 is 15.4 Å². The van der Waals surface area contributed by atoms with E-state index in [-0.39, 0.29) is 18.1 Å². The molecule has 2 unspecified atom stereocenters. The highest BCUT2D eigenvalue weighted by molar-refractivity contribution is 5.68. The van der Waals surface area contributed by atoms with Crippen LogP contribution in [0.1, 0.15) is 32.4 Å². The summed E-state index contributed by atoms with van der Waals surface area (Å²) in [5, 5.41) is 6.20. The fourth-order valence-corrected chi connectivity index (χ4v) is 2.20. The van der Waals surface area contributed by atoms with E-state index in [0.29, 0.717) is 0 Å². The van der Waals surface area contributed by atoms with Crippen LogP contribution in [-0.4, -0.2) is 35.8 Å². The van der Waals surface area contributed by atoms with Gasteiger partial charge in [0.05, 0.1) is 6.04 Å². The molecule has 1 aliphatic heterocycles. The molecule has 0 radical (unpaired) electrons. The molecule has 0 aliphatic carbocycles. The summed E-state index contributed by atoms with van der Waals surface area (Å²) in [5.74, 6) is 0.189. The Kier molecular flexibility index (Phi) is 4.04. The quantitative estimate of drug-likeness (QED) is 0.852. The number of rotatable bonds is 2. The summed E-state index contributed by atoms with van der Waals surface area (Å²) in [5.41, 5.74) is 0.518. The number of nitrogens with zero attached hydrogens (tertiary/aromatic N) is 1. The van der Waals surface area contributed by atoms with Gasteiger partial charge >= 0.3 is 6.09 Å². The van der Waals surface area contributed by atoms with Crippen LogP contribution in [0.25, 0.3) is 0 Å². The first-order valence-corrected chi connectivity index (χ1v) is 6.57. The number of carbonyl (C=O) groups excluding carboxylic acids is 1. The van der Waals surface area contributed by atoms with E-state index < -0.39 is 5.60 Å². The second-order valence-corrected chi connectivity index (χ2v) is 5.77. The van der Waals surface area contributed by atoms with Gasteiger partial charge in [-0.3, -0.25) is 4.98 Å². The number of alkyl carbamates (subject to hydrolysis) is 1. The van der Waals surface area contributed by atoms with Crippen LogP contribution in [0.4, 0.5) is 4.79 Å². The fourth-order valence-electron chi connectivity index (χ4n) is 2.20. The zero-order valence-electron chi connectivity index (χ0n) is 11.6. The predicted molar refractivity (Wildman–Crippen MR) is 73.0 cm³/mol. The lowest BCUT2D eigenvalue weighted by atomic mass is 9.99. The van der Waals surface area contributed by atoms with Crippen molar-refractivity contribution in [2.45, 2.75) is 38.3 Å². The van der Waals surface area contributed by atoms with Gasteiger partial charge in [-0.15, -0.1) is 0 Å². The average molecular weight is 263 g/mol. The largest absolute Gasteiger partial charge is 0.444 e. The molecule has 0 spiro atoms.